The van der Waals surface area contributed by atoms with Gasteiger partial charge in [-0.05, 0) is 45.6 Å². The molecule has 2 bridgehead atoms. The number of rotatable bonds is 6. The van der Waals surface area contributed by atoms with Gasteiger partial charge < -0.3 is 4.74 Å². The van der Waals surface area contributed by atoms with Gasteiger partial charge in [0, 0.05) is 44.9 Å². The number of hydrogen-bond donors (Lipinski definition) is 0. The first kappa shape index (κ1) is 16.9. The summed E-state index contributed by atoms with van der Waals surface area (Å²) >= 11 is 0. The second-order valence-electron chi connectivity index (χ2n) is 8.10. The summed E-state index contributed by atoms with van der Waals surface area (Å²) in [6.45, 7) is 12.1. The van der Waals surface area contributed by atoms with Crippen LogP contribution in [0.15, 0.2) is 30.3 Å². The third-order valence-corrected chi connectivity index (χ3v) is 5.07. The molecule has 3 aliphatic rings. The number of nitrogens with zero attached hydrogens (tertiary/aromatic N) is 2. The van der Waals surface area contributed by atoms with E-state index in [1.54, 1.807) is 0 Å². The van der Waals surface area contributed by atoms with Gasteiger partial charge in [0.2, 0.25) is 0 Å². The molecule has 23 heavy (non-hydrogen) atoms. The smallest absolute Gasteiger partial charge is 0.0598 e. The zero-order valence-corrected chi connectivity index (χ0v) is 15.0. The van der Waals surface area contributed by atoms with Crippen LogP contribution in [0.25, 0.3) is 0 Å². The molecule has 3 heteroatoms. The monoisotopic (exact) mass is 316 g/mol. The number of ether oxygens (including phenoxy) is 1. The molecule has 0 aliphatic carbocycles. The largest absolute Gasteiger partial charge is 0.376 e. The summed E-state index contributed by atoms with van der Waals surface area (Å²) in [6.07, 6.45) is 3.87. The zero-order chi connectivity index (χ0) is 16.3. The standard InChI is InChI=1S/C20H32N2O/c1-20(2,3)23-13-7-11-22-18-10-12-21(16-19(22)14-18)15-17-8-5-4-6-9-17/h4-6,8-9,18-19H,7,10-16H2,1-3H3. The van der Waals surface area contributed by atoms with Crippen molar-refractivity contribution in [3.05, 3.63) is 35.9 Å². The third kappa shape index (κ3) is 4.79. The fraction of sp³-hybridized carbons (Fsp3) is 0.700. The fourth-order valence-corrected chi connectivity index (χ4v) is 3.90. The molecule has 0 radical (unpaired) electrons. The Hall–Kier alpha value is -0.900. The second-order valence-corrected chi connectivity index (χ2v) is 8.10. The Labute approximate surface area is 141 Å². The first-order chi connectivity index (χ1) is 11.0. The normalized spacial score (nSPS) is 25.9. The predicted octanol–water partition coefficient (Wildman–Crippen LogP) is 3.54. The molecule has 1 aromatic carbocycles. The van der Waals surface area contributed by atoms with E-state index in [0.717, 1.165) is 31.7 Å². The van der Waals surface area contributed by atoms with Crippen molar-refractivity contribution in [1.82, 2.24) is 9.80 Å². The van der Waals surface area contributed by atoms with Gasteiger partial charge in [-0.2, -0.15) is 0 Å². The Morgan fingerprint density at radius 2 is 1.91 bits per heavy atom. The molecule has 0 N–H and O–H groups in total. The molecule has 3 aliphatic heterocycles. The van der Waals surface area contributed by atoms with Gasteiger partial charge in [0.05, 0.1) is 5.60 Å². The van der Waals surface area contributed by atoms with Crippen molar-refractivity contribution in [3.8, 4) is 0 Å². The molecular weight excluding hydrogens is 284 g/mol. The zero-order valence-electron chi connectivity index (χ0n) is 15.0. The summed E-state index contributed by atoms with van der Waals surface area (Å²) in [7, 11) is 0. The van der Waals surface area contributed by atoms with Crippen LogP contribution in [0.5, 0.6) is 0 Å². The first-order valence-electron chi connectivity index (χ1n) is 9.17. The van der Waals surface area contributed by atoms with Crippen LogP contribution < -0.4 is 0 Å². The van der Waals surface area contributed by atoms with Crippen LogP contribution in [0, 0.1) is 0 Å². The predicted molar refractivity (Wildman–Crippen MR) is 95.6 cm³/mol. The van der Waals surface area contributed by atoms with E-state index in [1.165, 1.54) is 38.0 Å². The van der Waals surface area contributed by atoms with Gasteiger partial charge in [0.1, 0.15) is 0 Å². The van der Waals surface area contributed by atoms with Crippen molar-refractivity contribution < 1.29 is 4.74 Å². The fourth-order valence-electron chi connectivity index (χ4n) is 3.90. The van der Waals surface area contributed by atoms with Crippen molar-refractivity contribution in [2.24, 2.45) is 0 Å². The summed E-state index contributed by atoms with van der Waals surface area (Å²) in [5.74, 6) is 0. The van der Waals surface area contributed by atoms with Crippen molar-refractivity contribution in [2.45, 2.75) is 64.3 Å². The van der Waals surface area contributed by atoms with Crippen molar-refractivity contribution in [1.29, 1.82) is 0 Å². The Balaban J connectivity index is 1.44. The molecule has 3 saturated heterocycles. The molecule has 128 valence electrons. The molecule has 1 aromatic rings. The highest BCUT2D eigenvalue weighted by Crippen LogP contribution is 2.32. The average molecular weight is 316 g/mol. The molecule has 2 atom stereocenters. The topological polar surface area (TPSA) is 15.7 Å². The van der Waals surface area contributed by atoms with Gasteiger partial charge in [-0.1, -0.05) is 30.3 Å². The Morgan fingerprint density at radius 3 is 2.65 bits per heavy atom. The van der Waals surface area contributed by atoms with Gasteiger partial charge in [0.25, 0.3) is 0 Å². The lowest BCUT2D eigenvalue weighted by molar-refractivity contribution is -0.0242. The quantitative estimate of drug-likeness (QED) is 0.747. The maximum Gasteiger partial charge on any atom is 0.0598 e. The third-order valence-electron chi connectivity index (χ3n) is 5.07. The molecule has 3 heterocycles. The maximum atomic E-state index is 5.86. The van der Waals surface area contributed by atoms with E-state index in [-0.39, 0.29) is 5.60 Å². The van der Waals surface area contributed by atoms with Crippen LogP contribution in [0.2, 0.25) is 0 Å². The van der Waals surface area contributed by atoms with Crippen molar-refractivity contribution >= 4 is 0 Å². The highest BCUT2D eigenvalue weighted by molar-refractivity contribution is 5.14. The summed E-state index contributed by atoms with van der Waals surface area (Å²) in [4.78, 5) is 5.38. The van der Waals surface area contributed by atoms with Gasteiger partial charge in [-0.3, -0.25) is 9.80 Å². The summed E-state index contributed by atoms with van der Waals surface area (Å²) < 4.78 is 5.86. The molecule has 3 fully saturated rings. The van der Waals surface area contributed by atoms with Crippen LogP contribution in [0.4, 0.5) is 0 Å². The van der Waals surface area contributed by atoms with Gasteiger partial charge in [-0.25, -0.2) is 0 Å². The van der Waals surface area contributed by atoms with E-state index in [1.807, 2.05) is 0 Å². The second kappa shape index (κ2) is 7.33. The minimum Gasteiger partial charge on any atom is -0.376 e. The lowest BCUT2D eigenvalue weighted by Crippen LogP contribution is -2.57. The molecule has 0 saturated carbocycles. The minimum atomic E-state index is -0.00576. The lowest BCUT2D eigenvalue weighted by atomic mass is 9.92. The summed E-state index contributed by atoms with van der Waals surface area (Å²) in [6, 6.07) is 12.5. The Morgan fingerprint density at radius 1 is 1.13 bits per heavy atom. The lowest BCUT2D eigenvalue weighted by Gasteiger charge is -2.47. The van der Waals surface area contributed by atoms with E-state index in [4.69, 9.17) is 4.74 Å². The molecule has 0 aromatic heterocycles. The minimum absolute atomic E-state index is 0.00576. The highest BCUT2D eigenvalue weighted by Gasteiger charge is 2.40. The van der Waals surface area contributed by atoms with Crippen LogP contribution in [-0.2, 0) is 11.3 Å². The van der Waals surface area contributed by atoms with Crippen LogP contribution in [-0.4, -0.2) is 53.7 Å². The van der Waals surface area contributed by atoms with E-state index >= 15 is 0 Å². The first-order valence-corrected chi connectivity index (χ1v) is 9.17. The van der Waals surface area contributed by atoms with E-state index < -0.39 is 0 Å². The van der Waals surface area contributed by atoms with Crippen molar-refractivity contribution in [3.63, 3.8) is 0 Å². The maximum absolute atomic E-state index is 5.86. The number of hydrogen-bond acceptors (Lipinski definition) is 3. The number of fused-ring (bicyclic) bond motifs is 3. The molecule has 0 spiro atoms. The highest BCUT2D eigenvalue weighted by atomic mass is 16.5. The van der Waals surface area contributed by atoms with Crippen molar-refractivity contribution in [2.75, 3.05) is 26.2 Å². The van der Waals surface area contributed by atoms with Gasteiger partial charge in [0.15, 0.2) is 0 Å². The number of benzene rings is 1. The van der Waals surface area contributed by atoms with E-state index in [0.29, 0.717) is 0 Å². The summed E-state index contributed by atoms with van der Waals surface area (Å²) in [5.41, 5.74) is 1.44. The van der Waals surface area contributed by atoms with E-state index in [2.05, 4.69) is 60.9 Å². The van der Waals surface area contributed by atoms with E-state index in [9.17, 15) is 0 Å². The SMILES string of the molecule is CC(C)(C)OCCCN1C2CCN(Cc3ccccc3)CC1C2. The molecule has 3 nitrogen and oxygen atoms in total. The Kier molecular flexibility index (Phi) is 5.40. The molecule has 4 rings (SSSR count). The van der Waals surface area contributed by atoms with Gasteiger partial charge in [-0.15, -0.1) is 0 Å². The molecular formula is C20H32N2O. The Bertz CT molecular complexity index is 482. The molecule has 2 unspecified atom stereocenters. The van der Waals surface area contributed by atoms with Crippen LogP contribution >= 0.6 is 0 Å². The van der Waals surface area contributed by atoms with Crippen LogP contribution in [0.3, 0.4) is 0 Å². The van der Waals surface area contributed by atoms with Crippen LogP contribution in [0.1, 0.15) is 45.6 Å². The summed E-state index contributed by atoms with van der Waals surface area (Å²) in [5, 5.41) is 0. The molecule has 0 amide bonds. The van der Waals surface area contributed by atoms with Gasteiger partial charge >= 0.3 is 0 Å². The average Bonchev–Trinajstić information content (AvgIpc) is 2.78.